The van der Waals surface area contributed by atoms with Crippen LogP contribution in [0.3, 0.4) is 0 Å². The van der Waals surface area contributed by atoms with Gasteiger partial charge in [0, 0.05) is 24.4 Å². The maximum Gasteiger partial charge on any atom is 0.269 e. The van der Waals surface area contributed by atoms with Crippen molar-refractivity contribution in [2.75, 3.05) is 11.9 Å². The fourth-order valence-electron chi connectivity index (χ4n) is 2.53. The highest BCUT2D eigenvalue weighted by Gasteiger charge is 2.08. The molecule has 0 atom stereocenters. The molecule has 150 valence electrons. The number of halogens is 2. The number of rotatable bonds is 8. The summed E-state index contributed by atoms with van der Waals surface area (Å²) in [6, 6.07) is 11.4. The van der Waals surface area contributed by atoms with Crippen LogP contribution in [0.4, 0.5) is 14.5 Å². The molecule has 0 unspecified atom stereocenters. The van der Waals surface area contributed by atoms with Gasteiger partial charge < -0.3 is 15.8 Å². The van der Waals surface area contributed by atoms with Gasteiger partial charge in [0.1, 0.15) is 11.5 Å². The first-order valence-corrected chi connectivity index (χ1v) is 8.76. The Labute approximate surface area is 165 Å². The van der Waals surface area contributed by atoms with Crippen molar-refractivity contribution in [2.24, 2.45) is 5.73 Å². The number of aromatic nitrogens is 2. The smallest absolute Gasteiger partial charge is 0.269 e. The van der Waals surface area contributed by atoms with Crippen LogP contribution in [0.1, 0.15) is 23.3 Å². The summed E-state index contributed by atoms with van der Waals surface area (Å²) >= 11 is 0. The number of ether oxygens (including phenoxy) is 1. The maximum absolute atomic E-state index is 13.4. The Balaban J connectivity index is 1.46. The average Bonchev–Trinajstić information content (AvgIpc) is 3.18. The molecule has 0 fully saturated rings. The summed E-state index contributed by atoms with van der Waals surface area (Å²) in [6.45, 7) is 0.121. The minimum atomic E-state index is -0.783. The van der Waals surface area contributed by atoms with Crippen LogP contribution in [0.15, 0.2) is 54.7 Å². The van der Waals surface area contributed by atoms with Crippen molar-refractivity contribution in [1.82, 2.24) is 9.78 Å². The molecule has 0 radical (unpaired) electrons. The quantitative estimate of drug-likeness (QED) is 0.568. The van der Waals surface area contributed by atoms with Gasteiger partial charge >= 0.3 is 0 Å². The first-order chi connectivity index (χ1) is 13.9. The van der Waals surface area contributed by atoms with E-state index < -0.39 is 17.5 Å². The number of benzene rings is 2. The SMILES string of the molecule is NC(=O)c1ccn(-c2ccc(NC(=O)CCCOc3ccc(F)cc3F)cc2)n1. The summed E-state index contributed by atoms with van der Waals surface area (Å²) in [6.07, 6.45) is 2.15. The van der Waals surface area contributed by atoms with Gasteiger partial charge in [0.25, 0.3) is 5.91 Å². The highest BCUT2D eigenvalue weighted by molar-refractivity contribution is 5.91. The molecule has 2 aromatic carbocycles. The zero-order valence-corrected chi connectivity index (χ0v) is 15.3. The molecule has 0 spiro atoms. The normalized spacial score (nSPS) is 10.6. The third kappa shape index (κ3) is 5.38. The van der Waals surface area contributed by atoms with E-state index in [2.05, 4.69) is 10.4 Å². The van der Waals surface area contributed by atoms with Crippen molar-refractivity contribution in [3.05, 3.63) is 72.1 Å². The molecule has 0 aliphatic carbocycles. The third-order valence-electron chi connectivity index (χ3n) is 3.96. The molecule has 0 aliphatic rings. The van der Waals surface area contributed by atoms with E-state index >= 15 is 0 Å². The summed E-state index contributed by atoms with van der Waals surface area (Å²) in [7, 11) is 0. The number of primary amides is 1. The molecule has 0 bridgehead atoms. The molecular weight excluding hydrogens is 382 g/mol. The topological polar surface area (TPSA) is 99.2 Å². The van der Waals surface area contributed by atoms with Gasteiger partial charge in [-0.25, -0.2) is 13.5 Å². The molecule has 0 aliphatic heterocycles. The summed E-state index contributed by atoms with van der Waals surface area (Å²) < 4.78 is 33.0. The van der Waals surface area contributed by atoms with Crippen LogP contribution in [0.5, 0.6) is 5.75 Å². The van der Waals surface area contributed by atoms with Crippen LogP contribution in [0.2, 0.25) is 0 Å². The summed E-state index contributed by atoms with van der Waals surface area (Å²) in [5, 5.41) is 6.79. The molecule has 0 saturated carbocycles. The molecule has 29 heavy (non-hydrogen) atoms. The van der Waals surface area contributed by atoms with Gasteiger partial charge in [0.05, 0.1) is 12.3 Å². The zero-order valence-electron chi connectivity index (χ0n) is 15.3. The van der Waals surface area contributed by atoms with Crippen molar-refractivity contribution >= 4 is 17.5 Å². The summed E-state index contributed by atoms with van der Waals surface area (Å²) in [5.74, 6) is -2.36. The number of carbonyl (C=O) groups is 2. The Kier molecular flexibility index (Phi) is 6.18. The number of hydrogen-bond acceptors (Lipinski definition) is 4. The molecule has 9 heteroatoms. The van der Waals surface area contributed by atoms with Gasteiger partial charge in [-0.2, -0.15) is 5.10 Å². The summed E-state index contributed by atoms with van der Waals surface area (Å²) in [5.41, 5.74) is 6.62. The van der Waals surface area contributed by atoms with E-state index in [-0.39, 0.29) is 30.4 Å². The third-order valence-corrected chi connectivity index (χ3v) is 3.96. The minimum absolute atomic E-state index is 0.0551. The second-order valence-electron chi connectivity index (χ2n) is 6.13. The van der Waals surface area contributed by atoms with Crippen LogP contribution in [0.25, 0.3) is 5.69 Å². The standard InChI is InChI=1S/C20H18F2N4O3/c21-13-3-8-18(16(22)12-13)29-11-1-2-19(27)24-14-4-6-15(7-5-14)26-10-9-17(25-26)20(23)28/h3-10,12H,1-2,11H2,(H2,23,28)(H,24,27). The Morgan fingerprint density at radius 2 is 1.86 bits per heavy atom. The van der Waals surface area contributed by atoms with Crippen LogP contribution >= 0.6 is 0 Å². The van der Waals surface area contributed by atoms with Gasteiger partial charge in [-0.1, -0.05) is 0 Å². The molecular formula is C20H18F2N4O3. The van der Waals surface area contributed by atoms with E-state index in [1.54, 1.807) is 30.5 Å². The van der Waals surface area contributed by atoms with Crippen molar-refractivity contribution < 1.29 is 23.1 Å². The molecule has 2 amide bonds. The fourth-order valence-corrected chi connectivity index (χ4v) is 2.53. The van der Waals surface area contributed by atoms with E-state index in [0.717, 1.165) is 12.1 Å². The highest BCUT2D eigenvalue weighted by atomic mass is 19.1. The Morgan fingerprint density at radius 1 is 1.10 bits per heavy atom. The number of nitrogens with one attached hydrogen (secondary N) is 1. The van der Waals surface area contributed by atoms with Crippen molar-refractivity contribution in [2.45, 2.75) is 12.8 Å². The molecule has 3 aromatic rings. The van der Waals surface area contributed by atoms with Crippen LogP contribution in [-0.4, -0.2) is 28.2 Å². The lowest BCUT2D eigenvalue weighted by atomic mass is 10.2. The lowest BCUT2D eigenvalue weighted by Gasteiger charge is -2.08. The number of amides is 2. The van der Waals surface area contributed by atoms with Crippen LogP contribution < -0.4 is 15.8 Å². The average molecular weight is 400 g/mol. The van der Waals surface area contributed by atoms with E-state index in [0.29, 0.717) is 17.8 Å². The summed E-state index contributed by atoms with van der Waals surface area (Å²) in [4.78, 5) is 23.1. The van der Waals surface area contributed by atoms with Crippen LogP contribution in [-0.2, 0) is 4.79 Å². The van der Waals surface area contributed by atoms with E-state index in [4.69, 9.17) is 10.5 Å². The Bertz CT molecular complexity index is 1020. The lowest BCUT2D eigenvalue weighted by Crippen LogP contribution is -2.13. The van der Waals surface area contributed by atoms with Gasteiger partial charge in [-0.15, -0.1) is 0 Å². The lowest BCUT2D eigenvalue weighted by molar-refractivity contribution is -0.116. The van der Waals surface area contributed by atoms with Gasteiger partial charge in [0.15, 0.2) is 11.6 Å². The first kappa shape index (κ1) is 20.0. The largest absolute Gasteiger partial charge is 0.491 e. The predicted octanol–water partition coefficient (Wildman–Crippen LogP) is 3.05. The van der Waals surface area contributed by atoms with Gasteiger partial charge in [0.2, 0.25) is 5.91 Å². The van der Waals surface area contributed by atoms with E-state index in [9.17, 15) is 18.4 Å². The van der Waals surface area contributed by atoms with E-state index in [1.807, 2.05) is 0 Å². The monoisotopic (exact) mass is 400 g/mol. The predicted molar refractivity (Wildman–Crippen MR) is 102 cm³/mol. The number of hydrogen-bond donors (Lipinski definition) is 2. The highest BCUT2D eigenvalue weighted by Crippen LogP contribution is 2.18. The van der Waals surface area contributed by atoms with Crippen LogP contribution in [0, 0.1) is 11.6 Å². The maximum atomic E-state index is 13.4. The molecule has 3 N–H and O–H groups in total. The van der Waals surface area contributed by atoms with Crippen molar-refractivity contribution in [1.29, 1.82) is 0 Å². The number of carbonyl (C=O) groups excluding carboxylic acids is 2. The fraction of sp³-hybridized carbons (Fsp3) is 0.150. The molecule has 0 saturated heterocycles. The molecule has 3 rings (SSSR count). The Hall–Kier alpha value is -3.75. The second-order valence-corrected chi connectivity index (χ2v) is 6.13. The van der Waals surface area contributed by atoms with Gasteiger partial charge in [-0.05, 0) is 48.9 Å². The zero-order chi connectivity index (χ0) is 20.8. The number of nitrogens with zero attached hydrogens (tertiary/aromatic N) is 2. The first-order valence-electron chi connectivity index (χ1n) is 8.76. The number of nitrogens with two attached hydrogens (primary N) is 1. The molecule has 1 heterocycles. The van der Waals surface area contributed by atoms with Crippen molar-refractivity contribution in [3.63, 3.8) is 0 Å². The van der Waals surface area contributed by atoms with Gasteiger partial charge in [-0.3, -0.25) is 9.59 Å². The van der Waals surface area contributed by atoms with E-state index in [1.165, 1.54) is 16.8 Å². The Morgan fingerprint density at radius 3 is 2.52 bits per heavy atom. The van der Waals surface area contributed by atoms with Crippen molar-refractivity contribution in [3.8, 4) is 11.4 Å². The molecule has 1 aromatic heterocycles. The number of anilines is 1. The molecule has 7 nitrogen and oxygen atoms in total. The minimum Gasteiger partial charge on any atom is -0.491 e. The second kappa shape index (κ2) is 8.96.